The highest BCUT2D eigenvalue weighted by Gasteiger charge is 2.43. The Kier molecular flexibility index (Phi) is 5.50. The maximum absolute atomic E-state index is 5.24. The molecule has 0 unspecified atom stereocenters. The molecule has 6 nitrogen and oxygen atoms in total. The molecule has 0 saturated carbocycles. The molecule has 6 aromatic carbocycles. The van der Waals surface area contributed by atoms with E-state index in [-0.39, 0.29) is 6.71 Å². The van der Waals surface area contributed by atoms with Crippen molar-refractivity contribution in [2.75, 3.05) is 0 Å². The van der Waals surface area contributed by atoms with Crippen LogP contribution in [0.25, 0.3) is 99.8 Å². The molecule has 262 valence electrons. The predicted octanol–water partition coefficient (Wildman–Crippen LogP) is 9.37. The van der Waals surface area contributed by atoms with Gasteiger partial charge in [-0.3, -0.25) is 28.2 Å². The van der Waals surface area contributed by atoms with Gasteiger partial charge in [-0.1, -0.05) is 97.1 Å². The van der Waals surface area contributed by atoms with Crippen LogP contribution in [-0.2, 0) is 0 Å². The number of nitrogens with zero attached hydrogens (tertiary/aromatic N) is 6. The van der Waals surface area contributed by atoms with Gasteiger partial charge in [-0.2, -0.15) is 0 Å². The highest BCUT2D eigenvalue weighted by molar-refractivity contribution is 7.00. The maximum atomic E-state index is 5.24. The minimum atomic E-state index is -0.00660. The van der Waals surface area contributed by atoms with Crippen molar-refractivity contribution >= 4 is 88.9 Å². The van der Waals surface area contributed by atoms with Crippen LogP contribution in [0.15, 0.2) is 176 Å². The summed E-state index contributed by atoms with van der Waals surface area (Å²) in [5.74, 6) is 0. The average molecular weight is 725 g/mol. The van der Waals surface area contributed by atoms with E-state index in [4.69, 9.17) is 9.97 Å². The summed E-state index contributed by atoms with van der Waals surface area (Å²) in [6, 6.07) is 59.5. The number of rotatable bonds is 3. The van der Waals surface area contributed by atoms with Crippen LogP contribution in [0.2, 0.25) is 0 Å². The summed E-state index contributed by atoms with van der Waals surface area (Å²) in [5.41, 5.74) is 18.6. The molecule has 12 aromatic rings. The minimum absolute atomic E-state index is 0.00660. The SMILES string of the molecule is c1ccc(-n2c3ccccc3c3c4cccc5c4n(c32)-c2cc(-c3ccccn3)cc3c2B5c2ccnc4c5c6ccccc6n(-c6ccccc6)c5n-3c24)cc1. The van der Waals surface area contributed by atoms with Crippen LogP contribution >= 0.6 is 0 Å². The van der Waals surface area contributed by atoms with Gasteiger partial charge in [0.15, 0.2) is 0 Å². The van der Waals surface area contributed by atoms with Gasteiger partial charge in [0.25, 0.3) is 6.71 Å². The first kappa shape index (κ1) is 29.7. The molecule has 0 amide bonds. The number of aromatic nitrogens is 6. The average Bonchev–Trinajstić information content (AvgIpc) is 4.00. The quantitative estimate of drug-likeness (QED) is 0.171. The lowest BCUT2D eigenvalue weighted by atomic mass is 9.34. The van der Waals surface area contributed by atoms with Crippen molar-refractivity contribution in [3.63, 3.8) is 0 Å². The van der Waals surface area contributed by atoms with E-state index < -0.39 is 0 Å². The van der Waals surface area contributed by atoms with Crippen molar-refractivity contribution < 1.29 is 0 Å². The molecule has 0 spiro atoms. The molecule has 0 aliphatic carbocycles. The fraction of sp³-hybridized carbons (Fsp3) is 0. The van der Waals surface area contributed by atoms with Gasteiger partial charge in [-0.25, -0.2) is 0 Å². The smallest absolute Gasteiger partial charge is 0.252 e. The van der Waals surface area contributed by atoms with Gasteiger partial charge in [0, 0.05) is 62.3 Å². The van der Waals surface area contributed by atoms with Crippen LogP contribution in [0.4, 0.5) is 0 Å². The zero-order chi connectivity index (χ0) is 36.9. The summed E-state index contributed by atoms with van der Waals surface area (Å²) in [6.45, 7) is -0.00660. The van der Waals surface area contributed by atoms with Crippen molar-refractivity contribution in [1.29, 1.82) is 0 Å². The summed E-state index contributed by atoms with van der Waals surface area (Å²) in [4.78, 5) is 10.2. The van der Waals surface area contributed by atoms with Gasteiger partial charge in [0.05, 0.1) is 38.7 Å². The zero-order valence-electron chi connectivity index (χ0n) is 30.5. The summed E-state index contributed by atoms with van der Waals surface area (Å²) >= 11 is 0. The molecular formula is C50H29BN6. The predicted molar refractivity (Wildman–Crippen MR) is 234 cm³/mol. The summed E-state index contributed by atoms with van der Waals surface area (Å²) in [6.07, 6.45) is 3.93. The standard InChI is InChI=1S/C50H29BN6/c1-3-14-31(15-4-1)54-39-23-9-7-18-33(39)43-35-20-13-21-36-47(35)56(49(43)54)41-28-30(38-22-11-12-26-52-38)29-42-45(41)51(36)37-25-27-53-46-44-34-19-8-10-24-40(34)55(32-16-5-2-6-17-32)50(44)57(42)48(37)46/h1-29H. The lowest BCUT2D eigenvalue weighted by molar-refractivity contribution is 1.05. The van der Waals surface area contributed by atoms with E-state index in [0.29, 0.717) is 0 Å². The Balaban J connectivity index is 1.24. The van der Waals surface area contributed by atoms with E-state index in [1.54, 1.807) is 0 Å². The summed E-state index contributed by atoms with van der Waals surface area (Å²) in [5, 5.41) is 6.16. The van der Waals surface area contributed by atoms with Crippen LogP contribution < -0.4 is 16.4 Å². The lowest BCUT2D eigenvalue weighted by Crippen LogP contribution is -2.59. The highest BCUT2D eigenvalue weighted by atomic mass is 15.2. The molecule has 2 aliphatic heterocycles. The number of fused-ring (bicyclic) bond motifs is 14. The molecule has 0 atom stereocenters. The second-order valence-corrected chi connectivity index (χ2v) is 15.4. The van der Waals surface area contributed by atoms with E-state index in [2.05, 4.69) is 176 Å². The van der Waals surface area contributed by atoms with Gasteiger partial charge in [-0.05, 0) is 83.1 Å². The van der Waals surface area contributed by atoms with Gasteiger partial charge in [-0.15, -0.1) is 0 Å². The Labute approximate surface area is 326 Å². The molecule has 14 rings (SSSR count). The second kappa shape index (κ2) is 10.6. The molecule has 2 aliphatic rings. The van der Waals surface area contributed by atoms with Crippen molar-refractivity contribution in [3.05, 3.63) is 176 Å². The summed E-state index contributed by atoms with van der Waals surface area (Å²) in [7, 11) is 0. The van der Waals surface area contributed by atoms with Gasteiger partial charge in [0.1, 0.15) is 11.3 Å². The zero-order valence-corrected chi connectivity index (χ0v) is 30.5. The second-order valence-electron chi connectivity index (χ2n) is 15.4. The molecule has 6 aromatic heterocycles. The molecule has 0 N–H and O–H groups in total. The van der Waals surface area contributed by atoms with E-state index in [9.17, 15) is 0 Å². The Hall–Kier alpha value is -7.64. The molecule has 0 radical (unpaired) electrons. The monoisotopic (exact) mass is 724 g/mol. The fourth-order valence-corrected chi connectivity index (χ4v) is 10.5. The van der Waals surface area contributed by atoms with Gasteiger partial charge >= 0.3 is 0 Å². The van der Waals surface area contributed by atoms with Crippen molar-refractivity contribution in [2.24, 2.45) is 0 Å². The Morgan fingerprint density at radius 2 is 1.00 bits per heavy atom. The minimum Gasteiger partial charge on any atom is -0.296 e. The van der Waals surface area contributed by atoms with E-state index in [1.165, 1.54) is 71.2 Å². The van der Waals surface area contributed by atoms with Crippen LogP contribution in [0.5, 0.6) is 0 Å². The number of hydrogen-bond acceptors (Lipinski definition) is 2. The first-order valence-electron chi connectivity index (χ1n) is 19.5. The van der Waals surface area contributed by atoms with Gasteiger partial charge in [0.2, 0.25) is 0 Å². The Morgan fingerprint density at radius 3 is 1.68 bits per heavy atom. The third kappa shape index (κ3) is 3.58. The summed E-state index contributed by atoms with van der Waals surface area (Å²) < 4.78 is 10.0. The van der Waals surface area contributed by atoms with Gasteiger partial charge < -0.3 is 0 Å². The van der Waals surface area contributed by atoms with E-state index in [1.807, 2.05) is 18.5 Å². The van der Waals surface area contributed by atoms with E-state index >= 15 is 0 Å². The Morgan fingerprint density at radius 1 is 0.421 bits per heavy atom. The third-order valence-corrected chi connectivity index (χ3v) is 12.6. The maximum Gasteiger partial charge on any atom is 0.252 e. The first-order chi connectivity index (χ1) is 28.3. The third-order valence-electron chi connectivity index (χ3n) is 12.6. The van der Waals surface area contributed by atoms with Crippen LogP contribution in [0.1, 0.15) is 0 Å². The van der Waals surface area contributed by atoms with Crippen molar-refractivity contribution in [1.82, 2.24) is 28.2 Å². The molecule has 57 heavy (non-hydrogen) atoms. The van der Waals surface area contributed by atoms with Crippen molar-refractivity contribution in [3.8, 4) is 34.0 Å². The first-order valence-corrected chi connectivity index (χ1v) is 19.5. The Bertz CT molecular complexity index is 3460. The molecule has 0 fully saturated rings. The molecule has 0 saturated heterocycles. The largest absolute Gasteiger partial charge is 0.296 e. The van der Waals surface area contributed by atoms with E-state index in [0.717, 1.165) is 45.0 Å². The highest BCUT2D eigenvalue weighted by Crippen LogP contribution is 2.45. The normalized spacial score (nSPS) is 12.9. The van der Waals surface area contributed by atoms with Crippen LogP contribution in [0.3, 0.4) is 0 Å². The number of benzene rings is 6. The molecular weight excluding hydrogens is 695 g/mol. The topological polar surface area (TPSA) is 45.5 Å². The van der Waals surface area contributed by atoms with Crippen molar-refractivity contribution in [2.45, 2.75) is 0 Å². The molecule has 0 bridgehead atoms. The molecule has 7 heteroatoms. The lowest BCUT2D eigenvalue weighted by Gasteiger charge is -2.34. The number of para-hydroxylation sites is 5. The molecule has 8 heterocycles. The fourth-order valence-electron chi connectivity index (χ4n) is 10.5. The number of hydrogen-bond donors (Lipinski definition) is 0. The van der Waals surface area contributed by atoms with Crippen LogP contribution in [0, 0.1) is 0 Å². The number of pyridine rings is 2. The van der Waals surface area contributed by atoms with Crippen LogP contribution in [-0.4, -0.2) is 34.9 Å².